The van der Waals surface area contributed by atoms with Gasteiger partial charge in [-0.05, 0) is 182 Å². The first-order valence-corrected chi connectivity index (χ1v) is 32.6. The van der Waals surface area contributed by atoms with Crippen LogP contribution in [0.25, 0.3) is 45.6 Å². The number of carboxylic acids is 6. The molecule has 12 rings (SSSR count). The van der Waals surface area contributed by atoms with E-state index in [1.54, 1.807) is 24.8 Å². The minimum Gasteiger partial charge on any atom is -0.545 e. The van der Waals surface area contributed by atoms with Crippen molar-refractivity contribution < 1.29 is 154 Å². The van der Waals surface area contributed by atoms with Crippen LogP contribution in [0.2, 0.25) is 60.3 Å². The first kappa shape index (κ1) is 97.2. The number of rotatable bonds is 10. The van der Waals surface area contributed by atoms with Crippen LogP contribution in [0.1, 0.15) is 62.1 Å². The van der Waals surface area contributed by atoms with Crippen molar-refractivity contribution in [2.24, 2.45) is 0 Å². The van der Waals surface area contributed by atoms with Crippen molar-refractivity contribution in [3.8, 4) is 45.6 Å². The van der Waals surface area contributed by atoms with E-state index >= 15 is 0 Å². The Kier molecular flexibility index (Phi) is 46.5. The standard InChI is InChI=1S/2C15H11N3.6C7H4Cl2O2.2Ce.2H2O/c2*1-3-10-16-12(6-1)14-8-5-9-15(18-14)13-7-2-4-11-17-13;6*8-5-1-4(7(10)11)2-6(9)3-5;;;;/h2*1-11H;6*1-3H,(H,10,11);;;2*1H2/q;;;;;;;;2*+3;;/p-4. The van der Waals surface area contributed by atoms with Crippen LogP contribution in [0.5, 0.6) is 0 Å². The van der Waals surface area contributed by atoms with E-state index in [9.17, 15) is 59.4 Å². The molecule has 0 atom stereocenters. The molecule has 0 bridgehead atoms. The van der Waals surface area contributed by atoms with Crippen molar-refractivity contribution in [1.29, 1.82) is 0 Å². The monoisotopic (exact) mass is 1920 g/mol. The summed E-state index contributed by atoms with van der Waals surface area (Å²) in [5, 5.41) is 65.1. The first-order chi connectivity index (χ1) is 48.4. The Bertz CT molecular complexity index is 4050. The molecule has 2 radical (unpaired) electrons. The maximum atomic E-state index is 10.3. The fourth-order valence-corrected chi connectivity index (χ4v) is 10.7. The molecule has 6 heterocycles. The Morgan fingerprint density at radius 3 is 0.453 bits per heavy atom. The third kappa shape index (κ3) is 36.4. The zero-order valence-corrected chi connectivity index (χ0v) is 68.7. The Balaban J connectivity index is 0.000000609. The summed E-state index contributed by atoms with van der Waals surface area (Å²) in [5.41, 5.74) is 6.85. The quantitative estimate of drug-likeness (QED) is 0.115. The van der Waals surface area contributed by atoms with Gasteiger partial charge in [0.15, 0.2) is 0 Å². The Hall–Kier alpha value is -6.81. The number of halogens is 12. The Morgan fingerprint density at radius 1 is 0.208 bits per heavy atom. The Morgan fingerprint density at radius 2 is 0.340 bits per heavy atom. The summed E-state index contributed by atoms with van der Waals surface area (Å²) in [5.74, 6) is -7.70. The van der Waals surface area contributed by atoms with Crippen LogP contribution in [0.3, 0.4) is 0 Å². The van der Waals surface area contributed by atoms with Gasteiger partial charge in [0.25, 0.3) is 0 Å². The predicted molar refractivity (Wildman–Crippen MR) is 396 cm³/mol. The van der Waals surface area contributed by atoms with Gasteiger partial charge in [-0.25, -0.2) is 9.97 Å². The van der Waals surface area contributed by atoms with Crippen molar-refractivity contribution in [1.82, 2.24) is 29.9 Å². The molecular weight excluding hydrogens is 1880 g/mol. The van der Waals surface area contributed by atoms with Crippen LogP contribution in [-0.2, 0) is 11.0 Å². The van der Waals surface area contributed by atoms with Gasteiger partial charge in [-0.15, -0.1) is 0 Å². The average Bonchev–Trinajstić information content (AvgIpc) is 0.830. The number of aromatic carboxylic acids is 6. The van der Waals surface area contributed by atoms with Gasteiger partial charge in [0.05, 0.1) is 81.4 Å². The predicted octanol–water partition coefficient (Wildman–Crippen LogP) is 12.7. The minimum atomic E-state index is -1.28. The van der Waals surface area contributed by atoms with Crippen LogP contribution >= 0.6 is 139 Å². The van der Waals surface area contributed by atoms with E-state index in [2.05, 4.69) is 29.9 Å². The molecule has 0 aliphatic heterocycles. The van der Waals surface area contributed by atoms with E-state index in [1.165, 1.54) is 109 Å². The summed E-state index contributed by atoms with van der Waals surface area (Å²) in [7, 11) is 0. The number of hydrogen-bond donors (Lipinski definition) is 0. The maximum absolute atomic E-state index is 10.3. The molecule has 0 amide bonds. The van der Waals surface area contributed by atoms with Crippen LogP contribution in [0, 0.1) is 83.5 Å². The summed E-state index contributed by atoms with van der Waals surface area (Å²) < 4.78 is 0. The second-order valence-electron chi connectivity index (χ2n) is 19.3. The fourth-order valence-electron chi connectivity index (χ4n) is 7.53. The van der Waals surface area contributed by atoms with Crippen LogP contribution in [0.4, 0.5) is 0 Å². The van der Waals surface area contributed by atoms with Crippen molar-refractivity contribution in [2.45, 2.75) is 0 Å². The third-order valence-electron chi connectivity index (χ3n) is 11.8. The van der Waals surface area contributed by atoms with E-state index in [0.717, 1.165) is 45.6 Å². The fraction of sp³-hybridized carbons (Fsp3) is 0. The molecule has 0 aliphatic rings. The van der Waals surface area contributed by atoms with E-state index in [0.29, 0.717) is 0 Å². The van der Waals surface area contributed by atoms with E-state index in [-0.39, 0.29) is 188 Å². The SMILES string of the molecule is O=C([O-])c1cc(Cl)cc(Cl)c1.O=C([O-])c1cc(Cl)cc(Cl)c1.O=C([O-])c1cc(Cl)cc(Cl)c1.O=C([O-])c1cc(Cl)cc(Cl)c1.O=C([O-])c1cc(Cl)cc(Cl)c1.O=C([O-])c1cc(Cl)cc(Cl)c1.[Ce+3].[Ce+3].[OH3+].[OH3+].c1ccc(-c2cccc(-c3ccccn3)n2)nc1.c1ccc(-c2cccc(-c3ccccn3)n2)nc1. The zero-order valence-electron chi connectivity index (χ0n) is 53.4. The molecule has 6 aromatic carbocycles. The van der Waals surface area contributed by atoms with Gasteiger partial charge < -0.3 is 70.4 Å². The number of nitrogens with zero attached hydrogens (tertiary/aromatic N) is 6. The number of pyridine rings is 6. The molecule has 34 heteroatoms. The third-order valence-corrected chi connectivity index (χ3v) is 14.4. The number of benzene rings is 6. The second kappa shape index (κ2) is 50.8. The van der Waals surface area contributed by atoms with Crippen LogP contribution in [0.15, 0.2) is 243 Å². The molecule has 20 nitrogen and oxygen atoms in total. The van der Waals surface area contributed by atoms with E-state index in [1.807, 2.05) is 109 Å². The largest absolute Gasteiger partial charge is 3.00 e. The Labute approximate surface area is 732 Å². The summed E-state index contributed by atoms with van der Waals surface area (Å²) in [6.07, 6.45) is 7.07. The van der Waals surface area contributed by atoms with Gasteiger partial charge in [-0.1, -0.05) is 176 Å². The van der Waals surface area contributed by atoms with Crippen molar-refractivity contribution in [3.05, 3.63) is 337 Å². The molecule has 106 heavy (non-hydrogen) atoms. The van der Waals surface area contributed by atoms with E-state index < -0.39 is 35.8 Å². The minimum absolute atomic E-state index is 0. The summed E-state index contributed by atoms with van der Waals surface area (Å²) in [6, 6.07) is 59.0. The summed E-state index contributed by atoms with van der Waals surface area (Å²) >= 11 is 66.2. The molecule has 0 fully saturated rings. The first-order valence-electron chi connectivity index (χ1n) is 28.1. The molecule has 0 saturated carbocycles. The van der Waals surface area contributed by atoms with Gasteiger partial charge in [-0.2, -0.15) is 0 Å². The van der Waals surface area contributed by atoms with Gasteiger partial charge in [0.1, 0.15) is 0 Å². The molecule has 6 aromatic heterocycles. The van der Waals surface area contributed by atoms with Gasteiger partial charge in [0.2, 0.25) is 0 Å². The summed E-state index contributed by atoms with van der Waals surface area (Å²) in [6.45, 7) is 0. The summed E-state index contributed by atoms with van der Waals surface area (Å²) in [4.78, 5) is 88.0. The molecule has 0 spiro atoms. The zero-order chi connectivity index (χ0) is 75.0. The number of carboxylic acid groups (broad SMARTS) is 6. The topological polar surface area (TPSA) is 384 Å². The van der Waals surface area contributed by atoms with Crippen molar-refractivity contribution in [2.75, 3.05) is 0 Å². The molecule has 0 unspecified atom stereocenters. The number of carbonyl (C=O) groups excluding carboxylic acids is 6. The molecule has 0 aliphatic carbocycles. The van der Waals surface area contributed by atoms with Gasteiger partial charge in [0, 0.05) is 118 Å². The van der Waals surface area contributed by atoms with Crippen LogP contribution < -0.4 is 30.6 Å². The normalized spacial score (nSPS) is 9.47. The van der Waals surface area contributed by atoms with Crippen molar-refractivity contribution in [3.63, 3.8) is 0 Å². The second-order valence-corrected chi connectivity index (χ2v) is 24.6. The van der Waals surface area contributed by atoms with Crippen LogP contribution in [-0.4, -0.2) is 65.7 Å². The average molecular weight is 1920 g/mol. The molecule has 12 aromatic rings. The molecular formula is C72H46Ce2Cl12N6O14+2. The smallest absolute Gasteiger partial charge is 0.545 e. The van der Waals surface area contributed by atoms with Gasteiger partial charge in [-0.3, -0.25) is 19.9 Å². The number of hydrogen-bond acceptors (Lipinski definition) is 18. The van der Waals surface area contributed by atoms with Gasteiger partial charge >= 0.3 is 83.5 Å². The molecule has 538 valence electrons. The van der Waals surface area contributed by atoms with E-state index in [4.69, 9.17) is 139 Å². The number of carbonyl (C=O) groups is 6. The van der Waals surface area contributed by atoms with Crippen molar-refractivity contribution >= 4 is 175 Å². The number of aromatic nitrogens is 6. The molecule has 6 N–H and O–H groups in total. The maximum Gasteiger partial charge on any atom is 3.00 e. The molecule has 0 saturated heterocycles.